The van der Waals surface area contributed by atoms with Crippen molar-refractivity contribution in [1.29, 1.82) is 0 Å². The van der Waals surface area contributed by atoms with Crippen LogP contribution in [-0.4, -0.2) is 66.0 Å². The standard InChI is InChI=1S/C26H36FN3O3/c1-2-20-10-7-8-15-29(20)16-14-28-25(31)18-30-22-12-5-6-13-23(22)33-24(26(30)32)17-19-9-3-4-11-21(19)27/h3-4,9,11,17,20,22-23H,2,5-8,10,12-16,18H2,1H3,(H,28,31)/b24-17-. The average molecular weight is 458 g/mol. The fraction of sp³-hybridized carbons (Fsp3) is 0.615. The number of carbonyl (C=O) groups is 2. The summed E-state index contributed by atoms with van der Waals surface area (Å²) in [6.07, 6.45) is 9.87. The van der Waals surface area contributed by atoms with Crippen molar-refractivity contribution < 1.29 is 18.7 Å². The fourth-order valence-electron chi connectivity index (χ4n) is 5.46. The van der Waals surface area contributed by atoms with Gasteiger partial charge in [0.25, 0.3) is 5.91 Å². The molecule has 180 valence electrons. The summed E-state index contributed by atoms with van der Waals surface area (Å²) in [4.78, 5) is 30.2. The van der Waals surface area contributed by atoms with E-state index in [4.69, 9.17) is 4.74 Å². The fourth-order valence-corrected chi connectivity index (χ4v) is 5.46. The summed E-state index contributed by atoms with van der Waals surface area (Å²) in [5.41, 5.74) is 0.312. The maximum atomic E-state index is 14.2. The second-order valence-corrected chi connectivity index (χ2v) is 9.42. The van der Waals surface area contributed by atoms with Gasteiger partial charge in [0.05, 0.1) is 6.04 Å². The van der Waals surface area contributed by atoms with E-state index in [1.54, 1.807) is 23.1 Å². The zero-order valence-electron chi connectivity index (χ0n) is 19.6. The van der Waals surface area contributed by atoms with Gasteiger partial charge in [0.1, 0.15) is 18.5 Å². The van der Waals surface area contributed by atoms with Gasteiger partial charge < -0.3 is 15.0 Å². The number of nitrogens with one attached hydrogen (secondary N) is 1. The van der Waals surface area contributed by atoms with Crippen LogP contribution in [0.1, 0.15) is 63.9 Å². The molecule has 1 N–H and O–H groups in total. The molecule has 0 bridgehead atoms. The van der Waals surface area contributed by atoms with E-state index >= 15 is 0 Å². The highest BCUT2D eigenvalue weighted by molar-refractivity contribution is 5.98. The van der Waals surface area contributed by atoms with Gasteiger partial charge in [-0.3, -0.25) is 14.5 Å². The maximum Gasteiger partial charge on any atom is 0.289 e. The van der Waals surface area contributed by atoms with Crippen molar-refractivity contribution in [1.82, 2.24) is 15.1 Å². The number of halogens is 1. The van der Waals surface area contributed by atoms with Crippen LogP contribution < -0.4 is 5.32 Å². The van der Waals surface area contributed by atoms with Gasteiger partial charge in [-0.25, -0.2) is 4.39 Å². The third-order valence-corrected chi connectivity index (χ3v) is 7.27. The van der Waals surface area contributed by atoms with Crippen molar-refractivity contribution in [2.45, 2.75) is 76.5 Å². The van der Waals surface area contributed by atoms with Crippen LogP contribution in [0.2, 0.25) is 0 Å². The number of hydrogen-bond donors (Lipinski definition) is 1. The molecule has 2 heterocycles. The van der Waals surface area contributed by atoms with Crippen LogP contribution in [0.15, 0.2) is 30.0 Å². The van der Waals surface area contributed by atoms with Gasteiger partial charge in [-0.05, 0) is 57.2 Å². The summed E-state index contributed by atoms with van der Waals surface area (Å²) in [5, 5.41) is 3.02. The quantitative estimate of drug-likeness (QED) is 0.634. The third-order valence-electron chi connectivity index (χ3n) is 7.27. The summed E-state index contributed by atoms with van der Waals surface area (Å²) in [6.45, 7) is 4.74. The number of hydrogen-bond acceptors (Lipinski definition) is 4. The zero-order chi connectivity index (χ0) is 23.2. The molecule has 1 aliphatic carbocycles. The highest BCUT2D eigenvalue weighted by Gasteiger charge is 2.42. The molecule has 1 aromatic rings. The number of piperidine rings is 1. The Bertz CT molecular complexity index is 874. The Morgan fingerprint density at radius 2 is 1.97 bits per heavy atom. The molecule has 2 amide bonds. The number of fused-ring (bicyclic) bond motifs is 1. The van der Waals surface area contributed by atoms with Gasteiger partial charge in [-0.1, -0.05) is 38.0 Å². The molecule has 33 heavy (non-hydrogen) atoms. The number of rotatable bonds is 7. The molecule has 7 heteroatoms. The second-order valence-electron chi connectivity index (χ2n) is 9.42. The molecule has 0 aromatic heterocycles. The van der Waals surface area contributed by atoms with E-state index in [1.807, 2.05) is 0 Å². The summed E-state index contributed by atoms with van der Waals surface area (Å²) in [6, 6.07) is 6.81. The van der Waals surface area contributed by atoms with E-state index < -0.39 is 5.82 Å². The van der Waals surface area contributed by atoms with E-state index in [0.29, 0.717) is 18.2 Å². The first-order valence-electron chi connectivity index (χ1n) is 12.5. The Morgan fingerprint density at radius 1 is 1.18 bits per heavy atom. The topological polar surface area (TPSA) is 61.9 Å². The highest BCUT2D eigenvalue weighted by Crippen LogP contribution is 2.33. The number of amides is 2. The number of nitrogens with zero attached hydrogens (tertiary/aromatic N) is 2. The number of benzene rings is 1. The lowest BCUT2D eigenvalue weighted by molar-refractivity contribution is -0.151. The van der Waals surface area contributed by atoms with Crippen LogP contribution in [0.5, 0.6) is 0 Å². The smallest absolute Gasteiger partial charge is 0.289 e. The molecule has 3 atom stereocenters. The minimum atomic E-state index is -0.403. The molecule has 2 saturated heterocycles. The lowest BCUT2D eigenvalue weighted by Gasteiger charge is -2.44. The Kier molecular flexibility index (Phi) is 8.02. The Morgan fingerprint density at radius 3 is 2.79 bits per heavy atom. The van der Waals surface area contributed by atoms with Gasteiger partial charge in [0, 0.05) is 24.7 Å². The lowest BCUT2D eigenvalue weighted by atomic mass is 9.89. The van der Waals surface area contributed by atoms with E-state index in [2.05, 4.69) is 17.1 Å². The largest absolute Gasteiger partial charge is 0.482 e. The van der Waals surface area contributed by atoms with Crippen molar-refractivity contribution >= 4 is 17.9 Å². The summed E-state index contributed by atoms with van der Waals surface area (Å²) in [7, 11) is 0. The second kappa shape index (κ2) is 11.1. The van der Waals surface area contributed by atoms with Crippen molar-refractivity contribution in [2.24, 2.45) is 0 Å². The van der Waals surface area contributed by atoms with Crippen LogP contribution in [0, 0.1) is 5.82 Å². The zero-order valence-corrected chi connectivity index (χ0v) is 19.6. The Hall–Kier alpha value is -2.41. The SMILES string of the molecule is CCC1CCCCN1CCNC(=O)CN1C(=O)/C(=C/c2ccccc2F)OC2CCCCC21. The van der Waals surface area contributed by atoms with Gasteiger partial charge in [-0.2, -0.15) is 0 Å². The predicted octanol–water partition coefficient (Wildman–Crippen LogP) is 3.72. The Balaban J connectivity index is 1.40. The molecule has 0 radical (unpaired) electrons. The van der Waals surface area contributed by atoms with E-state index in [0.717, 1.165) is 45.2 Å². The number of likely N-dealkylation sites (tertiary alicyclic amines) is 1. The summed E-state index contributed by atoms with van der Waals surface area (Å²) >= 11 is 0. The van der Waals surface area contributed by atoms with Crippen LogP contribution in [0.25, 0.3) is 6.08 Å². The average Bonchev–Trinajstić information content (AvgIpc) is 2.83. The Labute approximate surface area is 196 Å². The molecule has 0 spiro atoms. The first kappa shape index (κ1) is 23.7. The third kappa shape index (κ3) is 5.75. The van der Waals surface area contributed by atoms with E-state index in [1.165, 1.54) is 31.4 Å². The molecule has 3 aliphatic rings. The first-order chi connectivity index (χ1) is 16.1. The summed E-state index contributed by atoms with van der Waals surface area (Å²) in [5.74, 6) is -0.766. The predicted molar refractivity (Wildman–Crippen MR) is 126 cm³/mol. The number of morpholine rings is 1. The van der Waals surface area contributed by atoms with Gasteiger partial charge in [-0.15, -0.1) is 0 Å². The van der Waals surface area contributed by atoms with Crippen molar-refractivity contribution in [3.05, 3.63) is 41.4 Å². The number of carbonyl (C=O) groups excluding carboxylic acids is 2. The van der Waals surface area contributed by atoms with E-state index in [-0.39, 0.29) is 36.3 Å². The van der Waals surface area contributed by atoms with E-state index in [9.17, 15) is 14.0 Å². The van der Waals surface area contributed by atoms with Gasteiger partial charge >= 0.3 is 0 Å². The molecule has 1 saturated carbocycles. The van der Waals surface area contributed by atoms with Crippen LogP contribution >= 0.6 is 0 Å². The van der Waals surface area contributed by atoms with Gasteiger partial charge in [0.2, 0.25) is 5.91 Å². The molecule has 4 rings (SSSR count). The monoisotopic (exact) mass is 457 g/mol. The lowest BCUT2D eigenvalue weighted by Crippen LogP contribution is -2.57. The van der Waals surface area contributed by atoms with Gasteiger partial charge in [0.15, 0.2) is 5.76 Å². The minimum absolute atomic E-state index is 0.00911. The molecular formula is C26H36FN3O3. The molecule has 6 nitrogen and oxygen atoms in total. The molecule has 1 aromatic carbocycles. The minimum Gasteiger partial charge on any atom is -0.482 e. The first-order valence-corrected chi connectivity index (χ1v) is 12.5. The van der Waals surface area contributed by atoms with Crippen molar-refractivity contribution in [3.63, 3.8) is 0 Å². The molecule has 3 fully saturated rings. The van der Waals surface area contributed by atoms with Crippen LogP contribution in [0.4, 0.5) is 4.39 Å². The van der Waals surface area contributed by atoms with Crippen LogP contribution in [-0.2, 0) is 14.3 Å². The van der Waals surface area contributed by atoms with Crippen LogP contribution in [0.3, 0.4) is 0 Å². The molecule has 3 unspecified atom stereocenters. The maximum absolute atomic E-state index is 14.2. The van der Waals surface area contributed by atoms with Crippen molar-refractivity contribution in [3.8, 4) is 0 Å². The molecular weight excluding hydrogens is 421 g/mol. The summed E-state index contributed by atoms with van der Waals surface area (Å²) < 4.78 is 20.2. The normalized spacial score (nSPS) is 27.2. The molecule has 2 aliphatic heterocycles. The highest BCUT2D eigenvalue weighted by atomic mass is 19.1. The van der Waals surface area contributed by atoms with Crippen molar-refractivity contribution in [2.75, 3.05) is 26.2 Å². The number of ether oxygens (including phenoxy) is 1.